The van der Waals surface area contributed by atoms with Crippen molar-refractivity contribution < 1.29 is 9.84 Å². The van der Waals surface area contributed by atoms with E-state index in [0.717, 1.165) is 6.42 Å². The van der Waals surface area contributed by atoms with Gasteiger partial charge in [-0.1, -0.05) is 39.2 Å². The summed E-state index contributed by atoms with van der Waals surface area (Å²) in [5.74, 6) is 1.24. The fourth-order valence-electron chi connectivity index (χ4n) is 1.76. The lowest BCUT2D eigenvalue weighted by atomic mass is 10.0. The van der Waals surface area contributed by atoms with Gasteiger partial charge in [0, 0.05) is 0 Å². The smallest absolute Gasteiger partial charge is 0.146 e. The Morgan fingerprint density at radius 2 is 2.12 bits per heavy atom. The van der Waals surface area contributed by atoms with Crippen molar-refractivity contribution in [3.05, 3.63) is 18.2 Å². The highest BCUT2D eigenvalue weighted by Gasteiger charge is 2.09. The molecule has 17 heavy (non-hydrogen) atoms. The Kier molecular flexibility index (Phi) is 5.67. The molecule has 0 aliphatic rings. The average molecular weight is 237 g/mol. The molecule has 96 valence electrons. The highest BCUT2D eigenvalue weighted by atomic mass is 16.5. The minimum absolute atomic E-state index is 0.0871. The number of rotatable bonds is 7. The third kappa shape index (κ3) is 4.17. The molecule has 0 saturated carbocycles. The van der Waals surface area contributed by atoms with Gasteiger partial charge >= 0.3 is 0 Å². The van der Waals surface area contributed by atoms with Gasteiger partial charge in [0.2, 0.25) is 0 Å². The van der Waals surface area contributed by atoms with Gasteiger partial charge in [-0.25, -0.2) is 0 Å². The molecule has 3 heteroatoms. The first-order valence-corrected chi connectivity index (χ1v) is 6.39. The van der Waals surface area contributed by atoms with Crippen LogP contribution in [0.1, 0.15) is 39.5 Å². The third-order valence-electron chi connectivity index (χ3n) is 3.06. The molecule has 0 aliphatic heterocycles. The van der Waals surface area contributed by atoms with Crippen molar-refractivity contribution >= 4 is 5.69 Å². The number of phenols is 1. The second-order valence-electron chi connectivity index (χ2n) is 4.42. The summed E-state index contributed by atoms with van der Waals surface area (Å²) in [6.45, 7) is 5.04. The monoisotopic (exact) mass is 237 g/mol. The van der Waals surface area contributed by atoms with E-state index in [-0.39, 0.29) is 5.75 Å². The van der Waals surface area contributed by atoms with Crippen LogP contribution in [0.2, 0.25) is 0 Å². The SMILES string of the molecule is CCCCC(CC)COc1cccc(O)c1N. The first kappa shape index (κ1) is 13.7. The lowest BCUT2D eigenvalue weighted by Crippen LogP contribution is -2.12. The summed E-state index contributed by atoms with van der Waals surface area (Å²) < 4.78 is 5.68. The van der Waals surface area contributed by atoms with Gasteiger partial charge in [0.25, 0.3) is 0 Å². The molecule has 1 unspecified atom stereocenters. The molecule has 3 nitrogen and oxygen atoms in total. The summed E-state index contributed by atoms with van der Waals surface area (Å²) in [4.78, 5) is 0. The number of para-hydroxylation sites is 1. The van der Waals surface area contributed by atoms with E-state index in [1.54, 1.807) is 18.2 Å². The number of ether oxygens (including phenoxy) is 1. The van der Waals surface area contributed by atoms with E-state index in [1.165, 1.54) is 19.3 Å². The van der Waals surface area contributed by atoms with Crippen molar-refractivity contribution in [3.63, 3.8) is 0 Å². The number of benzene rings is 1. The lowest BCUT2D eigenvalue weighted by Gasteiger charge is -2.16. The molecule has 0 saturated heterocycles. The fraction of sp³-hybridized carbons (Fsp3) is 0.571. The number of nitrogen functional groups attached to an aromatic ring is 1. The van der Waals surface area contributed by atoms with Crippen LogP contribution in [-0.4, -0.2) is 11.7 Å². The Hall–Kier alpha value is -1.38. The summed E-state index contributed by atoms with van der Waals surface area (Å²) in [5.41, 5.74) is 6.07. The van der Waals surface area contributed by atoms with Crippen molar-refractivity contribution in [2.24, 2.45) is 5.92 Å². The lowest BCUT2D eigenvalue weighted by molar-refractivity contribution is 0.234. The Bertz CT molecular complexity index is 339. The van der Waals surface area contributed by atoms with Crippen LogP contribution in [0.3, 0.4) is 0 Å². The summed E-state index contributed by atoms with van der Waals surface area (Å²) >= 11 is 0. The molecule has 0 radical (unpaired) electrons. The van der Waals surface area contributed by atoms with Crippen molar-refractivity contribution in [2.75, 3.05) is 12.3 Å². The predicted molar refractivity (Wildman–Crippen MR) is 71.3 cm³/mol. The van der Waals surface area contributed by atoms with E-state index < -0.39 is 0 Å². The molecule has 0 spiro atoms. The average Bonchev–Trinajstić information content (AvgIpc) is 2.34. The minimum Gasteiger partial charge on any atom is -0.506 e. The van der Waals surface area contributed by atoms with Gasteiger partial charge in [-0.05, 0) is 24.5 Å². The zero-order chi connectivity index (χ0) is 12.7. The number of aromatic hydroxyl groups is 1. The maximum absolute atomic E-state index is 9.46. The Morgan fingerprint density at radius 3 is 2.76 bits per heavy atom. The highest BCUT2D eigenvalue weighted by molar-refractivity contribution is 5.61. The molecule has 0 aliphatic carbocycles. The molecule has 0 aromatic heterocycles. The molecule has 1 aromatic rings. The van der Waals surface area contributed by atoms with Gasteiger partial charge < -0.3 is 15.6 Å². The van der Waals surface area contributed by atoms with E-state index in [4.69, 9.17) is 10.5 Å². The molecular weight excluding hydrogens is 214 g/mol. The summed E-state index contributed by atoms with van der Waals surface area (Å²) in [6.07, 6.45) is 4.74. The number of anilines is 1. The molecule has 1 aromatic carbocycles. The largest absolute Gasteiger partial charge is 0.506 e. The minimum atomic E-state index is 0.0871. The van der Waals surface area contributed by atoms with Gasteiger partial charge in [0.05, 0.1) is 6.61 Å². The van der Waals surface area contributed by atoms with Crippen molar-refractivity contribution in [3.8, 4) is 11.5 Å². The molecular formula is C14H23NO2. The summed E-state index contributed by atoms with van der Waals surface area (Å²) in [5, 5.41) is 9.46. The molecule has 0 heterocycles. The number of hydrogen-bond acceptors (Lipinski definition) is 3. The van der Waals surface area contributed by atoms with Crippen LogP contribution in [0.4, 0.5) is 5.69 Å². The van der Waals surface area contributed by atoms with Gasteiger partial charge in [0.15, 0.2) is 0 Å². The summed E-state index contributed by atoms with van der Waals surface area (Å²) in [6, 6.07) is 5.10. The number of unbranched alkanes of at least 4 members (excludes halogenated alkanes) is 1. The number of nitrogens with two attached hydrogens (primary N) is 1. The van der Waals surface area contributed by atoms with E-state index in [1.807, 2.05) is 0 Å². The van der Waals surface area contributed by atoms with Crippen molar-refractivity contribution in [1.82, 2.24) is 0 Å². The van der Waals surface area contributed by atoms with Crippen LogP contribution in [0.5, 0.6) is 11.5 Å². The molecule has 1 atom stereocenters. The molecule has 3 N–H and O–H groups in total. The second-order valence-corrected chi connectivity index (χ2v) is 4.42. The van der Waals surface area contributed by atoms with E-state index in [9.17, 15) is 5.11 Å². The van der Waals surface area contributed by atoms with Gasteiger partial charge in [0.1, 0.15) is 17.2 Å². The van der Waals surface area contributed by atoms with Crippen molar-refractivity contribution in [2.45, 2.75) is 39.5 Å². The first-order chi connectivity index (χ1) is 8.19. The first-order valence-electron chi connectivity index (χ1n) is 6.39. The van der Waals surface area contributed by atoms with Gasteiger partial charge in [-0.3, -0.25) is 0 Å². The van der Waals surface area contributed by atoms with E-state index in [0.29, 0.717) is 24.0 Å². The summed E-state index contributed by atoms with van der Waals surface area (Å²) in [7, 11) is 0. The fourth-order valence-corrected chi connectivity index (χ4v) is 1.76. The zero-order valence-corrected chi connectivity index (χ0v) is 10.8. The number of hydrogen-bond donors (Lipinski definition) is 2. The third-order valence-corrected chi connectivity index (χ3v) is 3.06. The maximum atomic E-state index is 9.46. The van der Waals surface area contributed by atoms with Crippen LogP contribution in [-0.2, 0) is 0 Å². The Labute approximate surface area is 104 Å². The van der Waals surface area contributed by atoms with Crippen LogP contribution >= 0.6 is 0 Å². The molecule has 1 rings (SSSR count). The van der Waals surface area contributed by atoms with Crippen LogP contribution in [0.25, 0.3) is 0 Å². The molecule has 0 fully saturated rings. The van der Waals surface area contributed by atoms with Gasteiger partial charge in [-0.2, -0.15) is 0 Å². The standard InChI is InChI=1S/C14H23NO2/c1-3-5-7-11(4-2)10-17-13-9-6-8-12(16)14(13)15/h6,8-9,11,16H,3-5,7,10,15H2,1-2H3. The second kappa shape index (κ2) is 7.05. The normalized spacial score (nSPS) is 12.4. The predicted octanol–water partition coefficient (Wildman–Crippen LogP) is 3.57. The van der Waals surface area contributed by atoms with Crippen LogP contribution in [0.15, 0.2) is 18.2 Å². The zero-order valence-electron chi connectivity index (χ0n) is 10.8. The van der Waals surface area contributed by atoms with Gasteiger partial charge in [-0.15, -0.1) is 0 Å². The Morgan fingerprint density at radius 1 is 1.35 bits per heavy atom. The quantitative estimate of drug-likeness (QED) is 0.563. The molecule has 0 bridgehead atoms. The molecule has 0 amide bonds. The van der Waals surface area contributed by atoms with E-state index in [2.05, 4.69) is 13.8 Å². The van der Waals surface area contributed by atoms with E-state index >= 15 is 0 Å². The topological polar surface area (TPSA) is 55.5 Å². The van der Waals surface area contributed by atoms with Crippen LogP contribution < -0.4 is 10.5 Å². The van der Waals surface area contributed by atoms with Crippen LogP contribution in [0, 0.1) is 5.92 Å². The number of phenolic OH excluding ortho intramolecular Hbond substituents is 1. The highest BCUT2D eigenvalue weighted by Crippen LogP contribution is 2.30. The van der Waals surface area contributed by atoms with Crippen molar-refractivity contribution in [1.29, 1.82) is 0 Å². The Balaban J connectivity index is 2.50. The maximum Gasteiger partial charge on any atom is 0.146 e.